The van der Waals surface area contributed by atoms with Gasteiger partial charge in [-0.1, -0.05) is 39.0 Å². The minimum atomic E-state index is -1.29. The molecular formula is C15H26O5. The third kappa shape index (κ3) is 3.65. The fourth-order valence-electron chi connectivity index (χ4n) is 2.72. The maximum Gasteiger partial charge on any atom is 0.217 e. The number of hydrogen-bond acceptors (Lipinski definition) is 5. The maximum atomic E-state index is 9.75. The quantitative estimate of drug-likeness (QED) is 0.704. The second-order valence-corrected chi connectivity index (χ2v) is 5.80. The average molecular weight is 286 g/mol. The van der Waals surface area contributed by atoms with Gasteiger partial charge in [-0.2, -0.15) is 0 Å². The highest BCUT2D eigenvalue weighted by atomic mass is 16.8. The van der Waals surface area contributed by atoms with Crippen molar-refractivity contribution in [1.29, 1.82) is 0 Å². The van der Waals surface area contributed by atoms with E-state index in [-0.39, 0.29) is 12.4 Å². The number of ether oxygens (including phenoxy) is 3. The van der Waals surface area contributed by atoms with Crippen molar-refractivity contribution >= 4 is 0 Å². The van der Waals surface area contributed by atoms with Crippen LogP contribution in [0, 0.1) is 0 Å². The Balaban J connectivity index is 1.79. The molecule has 5 nitrogen and oxygen atoms in total. The zero-order valence-electron chi connectivity index (χ0n) is 12.4. The van der Waals surface area contributed by atoms with Crippen LogP contribution in [0.4, 0.5) is 0 Å². The highest BCUT2D eigenvalue weighted by Crippen LogP contribution is 2.39. The van der Waals surface area contributed by atoms with Crippen LogP contribution in [0.1, 0.15) is 58.8 Å². The number of aliphatic hydroxyl groups is 2. The van der Waals surface area contributed by atoms with Crippen molar-refractivity contribution in [3.05, 3.63) is 11.5 Å². The Morgan fingerprint density at radius 3 is 2.65 bits per heavy atom. The molecular weight excluding hydrogens is 260 g/mol. The molecule has 0 bridgehead atoms. The van der Waals surface area contributed by atoms with Crippen LogP contribution in [0.25, 0.3) is 0 Å². The Kier molecular flexibility index (Phi) is 5.29. The molecule has 0 saturated carbocycles. The molecule has 1 saturated heterocycles. The largest absolute Gasteiger partial charge is 0.505 e. The summed E-state index contributed by atoms with van der Waals surface area (Å²) in [7, 11) is 0. The first kappa shape index (κ1) is 15.6. The molecule has 116 valence electrons. The number of rotatable bonds is 7. The smallest absolute Gasteiger partial charge is 0.217 e. The van der Waals surface area contributed by atoms with Crippen molar-refractivity contribution in [2.24, 2.45) is 0 Å². The van der Waals surface area contributed by atoms with Crippen LogP contribution >= 0.6 is 0 Å². The van der Waals surface area contributed by atoms with Crippen LogP contribution < -0.4 is 0 Å². The van der Waals surface area contributed by atoms with Crippen LogP contribution in [0.3, 0.4) is 0 Å². The summed E-state index contributed by atoms with van der Waals surface area (Å²) in [4.78, 5) is 0. The molecule has 0 amide bonds. The van der Waals surface area contributed by atoms with Crippen LogP contribution in [0.5, 0.6) is 0 Å². The second-order valence-electron chi connectivity index (χ2n) is 5.80. The van der Waals surface area contributed by atoms with Gasteiger partial charge in [-0.3, -0.25) is 0 Å². The lowest BCUT2D eigenvalue weighted by Crippen LogP contribution is -2.32. The standard InChI is InChI=1S/C15H26O5/c1-3-4-5-6-7-8-9-15(2)19-11-10-18-14(17)12(16)13(11)20-15/h11,14,16-17H,3-10H2,1-2H3. The molecule has 0 aromatic heterocycles. The lowest BCUT2D eigenvalue weighted by atomic mass is 10.1. The molecule has 5 heteroatoms. The van der Waals surface area contributed by atoms with Crippen molar-refractivity contribution < 1.29 is 24.4 Å². The van der Waals surface area contributed by atoms with Crippen LogP contribution in [0.15, 0.2) is 11.5 Å². The Bertz CT molecular complexity index is 354. The van der Waals surface area contributed by atoms with E-state index >= 15 is 0 Å². The normalized spacial score (nSPS) is 33.1. The number of unbranched alkanes of at least 4 members (excludes halogenated alkanes) is 5. The first-order chi connectivity index (χ1) is 9.56. The molecule has 2 rings (SSSR count). The van der Waals surface area contributed by atoms with Crippen LogP contribution in [-0.4, -0.2) is 35.0 Å². The third-order valence-electron chi connectivity index (χ3n) is 3.89. The number of fused-ring (bicyclic) bond motifs is 1. The van der Waals surface area contributed by atoms with Gasteiger partial charge < -0.3 is 24.4 Å². The summed E-state index contributed by atoms with van der Waals surface area (Å²) in [5.74, 6) is -0.642. The number of hydrogen-bond donors (Lipinski definition) is 2. The van der Waals surface area contributed by atoms with E-state index in [1.165, 1.54) is 25.7 Å². The van der Waals surface area contributed by atoms with Crippen molar-refractivity contribution in [3.8, 4) is 0 Å². The summed E-state index contributed by atoms with van der Waals surface area (Å²) in [6.07, 6.45) is 6.35. The van der Waals surface area contributed by atoms with Gasteiger partial charge in [0.25, 0.3) is 0 Å². The second kappa shape index (κ2) is 6.78. The molecule has 0 spiro atoms. The Morgan fingerprint density at radius 2 is 1.90 bits per heavy atom. The van der Waals surface area contributed by atoms with E-state index < -0.39 is 18.2 Å². The Morgan fingerprint density at radius 1 is 1.20 bits per heavy atom. The van der Waals surface area contributed by atoms with Gasteiger partial charge in [0.05, 0.1) is 6.61 Å². The molecule has 3 atom stereocenters. The Labute approximate surface area is 120 Å². The monoisotopic (exact) mass is 286 g/mol. The van der Waals surface area contributed by atoms with E-state index in [4.69, 9.17) is 14.2 Å². The third-order valence-corrected chi connectivity index (χ3v) is 3.89. The Hall–Kier alpha value is -0.780. The molecule has 2 aliphatic rings. The number of aliphatic hydroxyl groups excluding tert-OH is 2. The summed E-state index contributed by atoms with van der Waals surface area (Å²) < 4.78 is 16.6. The lowest BCUT2D eigenvalue weighted by Gasteiger charge is -2.22. The molecule has 0 aromatic rings. The molecule has 3 unspecified atom stereocenters. The summed E-state index contributed by atoms with van der Waals surface area (Å²) >= 11 is 0. The first-order valence-corrected chi connectivity index (χ1v) is 7.65. The molecule has 0 radical (unpaired) electrons. The molecule has 1 fully saturated rings. The van der Waals surface area contributed by atoms with Gasteiger partial charge in [0, 0.05) is 13.3 Å². The van der Waals surface area contributed by atoms with E-state index in [1.807, 2.05) is 6.92 Å². The topological polar surface area (TPSA) is 68.2 Å². The van der Waals surface area contributed by atoms with Crippen molar-refractivity contribution in [2.45, 2.75) is 77.0 Å². The molecule has 20 heavy (non-hydrogen) atoms. The minimum Gasteiger partial charge on any atom is -0.505 e. The van der Waals surface area contributed by atoms with Crippen LogP contribution in [-0.2, 0) is 14.2 Å². The predicted octanol–water partition coefficient (Wildman–Crippen LogP) is 2.99. The predicted molar refractivity (Wildman–Crippen MR) is 74.0 cm³/mol. The van der Waals surface area contributed by atoms with Gasteiger partial charge in [0.1, 0.15) is 6.10 Å². The summed E-state index contributed by atoms with van der Waals surface area (Å²) in [5, 5.41) is 19.2. The molecule has 2 heterocycles. The highest BCUT2D eigenvalue weighted by Gasteiger charge is 2.46. The van der Waals surface area contributed by atoms with Crippen LogP contribution in [0.2, 0.25) is 0 Å². The van der Waals surface area contributed by atoms with E-state index in [0.29, 0.717) is 5.76 Å². The van der Waals surface area contributed by atoms with E-state index in [0.717, 1.165) is 19.3 Å². The lowest BCUT2D eigenvalue weighted by molar-refractivity contribution is -0.170. The van der Waals surface area contributed by atoms with E-state index in [1.54, 1.807) is 0 Å². The van der Waals surface area contributed by atoms with Gasteiger partial charge in [-0.25, -0.2) is 0 Å². The molecule has 2 N–H and O–H groups in total. The van der Waals surface area contributed by atoms with Crippen molar-refractivity contribution in [3.63, 3.8) is 0 Å². The summed E-state index contributed by atoms with van der Waals surface area (Å²) in [5.41, 5.74) is 0. The first-order valence-electron chi connectivity index (χ1n) is 7.65. The zero-order valence-corrected chi connectivity index (χ0v) is 12.4. The van der Waals surface area contributed by atoms with E-state index in [9.17, 15) is 10.2 Å². The minimum absolute atomic E-state index is 0.215. The summed E-state index contributed by atoms with van der Waals surface area (Å²) in [6, 6.07) is 0. The van der Waals surface area contributed by atoms with Gasteiger partial charge in [-0.05, 0) is 6.42 Å². The van der Waals surface area contributed by atoms with Gasteiger partial charge in [0.2, 0.25) is 12.1 Å². The molecule has 2 aliphatic heterocycles. The fourth-order valence-corrected chi connectivity index (χ4v) is 2.72. The van der Waals surface area contributed by atoms with Gasteiger partial charge in [-0.15, -0.1) is 0 Å². The van der Waals surface area contributed by atoms with E-state index in [2.05, 4.69) is 6.92 Å². The molecule has 0 aliphatic carbocycles. The van der Waals surface area contributed by atoms with Crippen molar-refractivity contribution in [2.75, 3.05) is 6.61 Å². The molecule has 0 aromatic carbocycles. The highest BCUT2D eigenvalue weighted by molar-refractivity contribution is 5.15. The van der Waals surface area contributed by atoms with Gasteiger partial charge >= 0.3 is 0 Å². The average Bonchev–Trinajstić information content (AvgIpc) is 2.76. The maximum absolute atomic E-state index is 9.75. The van der Waals surface area contributed by atoms with Gasteiger partial charge in [0.15, 0.2) is 11.5 Å². The fraction of sp³-hybridized carbons (Fsp3) is 0.867. The van der Waals surface area contributed by atoms with Crippen molar-refractivity contribution in [1.82, 2.24) is 0 Å². The summed E-state index contributed by atoms with van der Waals surface area (Å²) in [6.45, 7) is 4.30. The SMILES string of the molecule is CCCCCCCCC1(C)OC2=C(O)C(O)OCC2O1. The zero-order chi connectivity index (χ0) is 14.6.